The molecule has 0 radical (unpaired) electrons. The second-order valence-electron chi connectivity index (χ2n) is 6.76. The van der Waals surface area contributed by atoms with Gasteiger partial charge in [0, 0.05) is 30.4 Å². The maximum atomic E-state index is 12.7. The van der Waals surface area contributed by atoms with Crippen molar-refractivity contribution in [1.29, 1.82) is 0 Å². The second kappa shape index (κ2) is 9.84. The van der Waals surface area contributed by atoms with E-state index in [-0.39, 0.29) is 28.1 Å². The molecule has 0 spiro atoms. The molecule has 0 aliphatic carbocycles. The molecule has 3 amide bonds. The molecule has 2 aromatic carbocycles. The molecule has 0 bridgehead atoms. The van der Waals surface area contributed by atoms with E-state index in [2.05, 4.69) is 16.0 Å². The van der Waals surface area contributed by atoms with Crippen molar-refractivity contribution < 1.29 is 19.3 Å². The number of benzene rings is 2. The van der Waals surface area contributed by atoms with Crippen LogP contribution in [-0.2, 0) is 4.79 Å². The maximum Gasteiger partial charge on any atom is 0.270 e. The predicted molar refractivity (Wildman–Crippen MR) is 113 cm³/mol. The molecule has 0 saturated carbocycles. The predicted octanol–water partition coefficient (Wildman–Crippen LogP) is 3.00. The van der Waals surface area contributed by atoms with E-state index in [0.717, 1.165) is 6.07 Å². The Morgan fingerprint density at radius 3 is 2.17 bits per heavy atom. The van der Waals surface area contributed by atoms with Crippen LogP contribution < -0.4 is 16.0 Å². The van der Waals surface area contributed by atoms with Gasteiger partial charge in [0.1, 0.15) is 6.04 Å². The van der Waals surface area contributed by atoms with E-state index in [1.807, 2.05) is 0 Å². The summed E-state index contributed by atoms with van der Waals surface area (Å²) in [4.78, 5) is 47.1. The Balaban J connectivity index is 2.13. The fourth-order valence-corrected chi connectivity index (χ4v) is 2.89. The Hall–Kier alpha value is -3.46. The quantitative estimate of drug-likeness (QED) is 0.457. The minimum absolute atomic E-state index is 0.0237. The van der Waals surface area contributed by atoms with Gasteiger partial charge in [-0.2, -0.15) is 0 Å². The minimum Gasteiger partial charge on any atom is -0.355 e. The average molecular weight is 433 g/mol. The molecule has 30 heavy (non-hydrogen) atoms. The van der Waals surface area contributed by atoms with Gasteiger partial charge in [0.25, 0.3) is 17.5 Å². The van der Waals surface area contributed by atoms with Crippen molar-refractivity contribution in [3.8, 4) is 0 Å². The number of rotatable bonds is 7. The summed E-state index contributed by atoms with van der Waals surface area (Å²) in [6.07, 6.45) is 0. The first-order valence-corrected chi connectivity index (χ1v) is 9.39. The number of carbonyl (C=O) groups excluding carboxylic acids is 3. The highest BCUT2D eigenvalue weighted by Gasteiger charge is 2.26. The normalized spacial score (nSPS) is 11.5. The Labute approximate surface area is 177 Å². The zero-order valence-corrected chi connectivity index (χ0v) is 17.3. The first kappa shape index (κ1) is 22.8. The van der Waals surface area contributed by atoms with Gasteiger partial charge in [-0.1, -0.05) is 25.4 Å². The molecule has 0 fully saturated rings. The fraction of sp³-hybridized carbons (Fsp3) is 0.250. The molecule has 0 saturated heterocycles. The van der Waals surface area contributed by atoms with Gasteiger partial charge in [0.15, 0.2) is 0 Å². The maximum absolute atomic E-state index is 12.7. The SMILES string of the molecule is CNC(=O)c1ccc(NC(=O)C(NC(=O)c2ccc([N+](=O)[O-])cc2Cl)C(C)C)cc1. The van der Waals surface area contributed by atoms with Gasteiger partial charge in [-0.05, 0) is 36.2 Å². The highest BCUT2D eigenvalue weighted by molar-refractivity contribution is 6.34. The summed E-state index contributed by atoms with van der Waals surface area (Å²) in [5.74, 6) is -1.58. The number of nitrogens with zero attached hydrogens (tertiary/aromatic N) is 1. The van der Waals surface area contributed by atoms with E-state index in [1.54, 1.807) is 38.1 Å². The zero-order chi connectivity index (χ0) is 22.4. The topological polar surface area (TPSA) is 130 Å². The third kappa shape index (κ3) is 5.54. The number of nitrogens with one attached hydrogen (secondary N) is 3. The highest BCUT2D eigenvalue weighted by atomic mass is 35.5. The molecule has 10 heteroatoms. The van der Waals surface area contributed by atoms with E-state index in [1.165, 1.54) is 19.2 Å². The van der Waals surface area contributed by atoms with E-state index in [9.17, 15) is 24.5 Å². The average Bonchev–Trinajstić information content (AvgIpc) is 2.71. The number of non-ortho nitro benzene ring substituents is 1. The van der Waals surface area contributed by atoms with Gasteiger partial charge in [-0.25, -0.2) is 0 Å². The van der Waals surface area contributed by atoms with Crippen molar-refractivity contribution in [2.45, 2.75) is 19.9 Å². The third-order valence-corrected chi connectivity index (χ3v) is 4.60. The number of anilines is 1. The first-order chi connectivity index (χ1) is 14.1. The van der Waals surface area contributed by atoms with Crippen molar-refractivity contribution >= 4 is 40.7 Å². The Morgan fingerprint density at radius 1 is 1.03 bits per heavy atom. The monoisotopic (exact) mass is 432 g/mol. The van der Waals surface area contributed by atoms with E-state index >= 15 is 0 Å². The van der Waals surface area contributed by atoms with Gasteiger partial charge in [-0.3, -0.25) is 24.5 Å². The van der Waals surface area contributed by atoms with Gasteiger partial charge >= 0.3 is 0 Å². The Kier molecular flexibility index (Phi) is 7.48. The lowest BCUT2D eigenvalue weighted by Crippen LogP contribution is -2.47. The zero-order valence-electron chi connectivity index (χ0n) is 16.6. The van der Waals surface area contributed by atoms with Crippen molar-refractivity contribution in [2.75, 3.05) is 12.4 Å². The number of halogens is 1. The lowest BCUT2D eigenvalue weighted by molar-refractivity contribution is -0.384. The van der Waals surface area contributed by atoms with Crippen LogP contribution >= 0.6 is 11.6 Å². The summed E-state index contributed by atoms with van der Waals surface area (Å²) in [6, 6.07) is 8.88. The van der Waals surface area contributed by atoms with Crippen LogP contribution in [0.25, 0.3) is 0 Å². The van der Waals surface area contributed by atoms with Crippen LogP contribution in [0.15, 0.2) is 42.5 Å². The summed E-state index contributed by atoms with van der Waals surface area (Å²) in [7, 11) is 1.52. The van der Waals surface area contributed by atoms with Gasteiger partial charge < -0.3 is 16.0 Å². The molecule has 0 aliphatic rings. The molecule has 2 rings (SSSR count). The lowest BCUT2D eigenvalue weighted by Gasteiger charge is -2.22. The second-order valence-corrected chi connectivity index (χ2v) is 7.17. The summed E-state index contributed by atoms with van der Waals surface area (Å²) in [5, 5.41) is 18.5. The molecule has 0 aromatic heterocycles. The van der Waals surface area contributed by atoms with Gasteiger partial charge in [0.2, 0.25) is 5.91 Å². The van der Waals surface area contributed by atoms with Crippen molar-refractivity contribution in [2.24, 2.45) is 5.92 Å². The van der Waals surface area contributed by atoms with Crippen LogP contribution in [0.1, 0.15) is 34.6 Å². The van der Waals surface area contributed by atoms with Crippen LogP contribution in [0.2, 0.25) is 5.02 Å². The first-order valence-electron chi connectivity index (χ1n) is 9.01. The summed E-state index contributed by atoms with van der Waals surface area (Å²) in [6.45, 7) is 3.52. The summed E-state index contributed by atoms with van der Waals surface area (Å²) < 4.78 is 0. The van der Waals surface area contributed by atoms with Crippen LogP contribution in [-0.4, -0.2) is 35.7 Å². The number of hydrogen-bond acceptors (Lipinski definition) is 5. The fourth-order valence-electron chi connectivity index (χ4n) is 2.62. The molecule has 9 nitrogen and oxygen atoms in total. The Morgan fingerprint density at radius 2 is 1.67 bits per heavy atom. The number of amides is 3. The molecule has 0 heterocycles. The molecular formula is C20H21ClN4O5. The molecule has 1 unspecified atom stereocenters. The summed E-state index contributed by atoms with van der Waals surface area (Å²) in [5.41, 5.74) is 0.684. The molecule has 2 aromatic rings. The lowest BCUT2D eigenvalue weighted by atomic mass is 10.0. The minimum atomic E-state index is -0.887. The molecular weight excluding hydrogens is 412 g/mol. The van der Waals surface area contributed by atoms with Crippen LogP contribution in [0.3, 0.4) is 0 Å². The molecule has 3 N–H and O–H groups in total. The van der Waals surface area contributed by atoms with Crippen LogP contribution in [0.5, 0.6) is 0 Å². The molecule has 158 valence electrons. The van der Waals surface area contributed by atoms with E-state index in [4.69, 9.17) is 11.6 Å². The van der Waals surface area contributed by atoms with Gasteiger partial charge in [0.05, 0.1) is 15.5 Å². The van der Waals surface area contributed by atoms with Crippen LogP contribution in [0.4, 0.5) is 11.4 Å². The van der Waals surface area contributed by atoms with Crippen molar-refractivity contribution in [1.82, 2.24) is 10.6 Å². The number of nitro benzene ring substituents is 1. The van der Waals surface area contributed by atoms with Gasteiger partial charge in [-0.15, -0.1) is 0 Å². The summed E-state index contributed by atoms with van der Waals surface area (Å²) >= 11 is 5.99. The van der Waals surface area contributed by atoms with E-state index in [0.29, 0.717) is 11.3 Å². The number of hydrogen-bond donors (Lipinski definition) is 3. The Bertz CT molecular complexity index is 976. The van der Waals surface area contributed by atoms with Crippen molar-refractivity contribution in [3.63, 3.8) is 0 Å². The smallest absolute Gasteiger partial charge is 0.270 e. The molecule has 1 atom stereocenters. The largest absolute Gasteiger partial charge is 0.355 e. The standard InChI is InChI=1S/C20H21ClN4O5/c1-11(2)17(20(28)23-13-6-4-12(5-7-13)18(26)22-3)24-19(27)15-9-8-14(25(29)30)10-16(15)21/h4-11,17H,1-3H3,(H,22,26)(H,23,28)(H,24,27). The molecule has 0 aliphatic heterocycles. The van der Waals surface area contributed by atoms with Crippen LogP contribution in [0, 0.1) is 16.0 Å². The third-order valence-electron chi connectivity index (χ3n) is 4.29. The van der Waals surface area contributed by atoms with E-state index < -0.39 is 22.8 Å². The van der Waals surface area contributed by atoms with Crippen molar-refractivity contribution in [3.05, 3.63) is 68.7 Å². The number of nitro groups is 1. The highest BCUT2D eigenvalue weighted by Crippen LogP contribution is 2.23. The number of carbonyl (C=O) groups is 3.